The second kappa shape index (κ2) is 13.4. The monoisotopic (exact) mass is 624 g/mol. The van der Waals surface area contributed by atoms with Gasteiger partial charge in [-0.2, -0.15) is 0 Å². The van der Waals surface area contributed by atoms with E-state index in [4.69, 9.17) is 14.9 Å². The fourth-order valence-corrected chi connectivity index (χ4v) is 7.86. The van der Waals surface area contributed by atoms with Crippen LogP contribution in [0.3, 0.4) is 0 Å². The van der Waals surface area contributed by atoms with E-state index in [1.54, 1.807) is 12.1 Å². The van der Waals surface area contributed by atoms with Crippen molar-refractivity contribution in [2.45, 2.75) is 70.1 Å². The van der Waals surface area contributed by atoms with Crippen LogP contribution >= 0.6 is 0 Å². The fraction of sp³-hybridized carbons (Fsp3) is 0.576. The molecule has 1 aromatic carbocycles. The molecule has 0 radical (unpaired) electrons. The molecule has 2 heterocycles. The number of nitrogens with zero attached hydrogens (tertiary/aromatic N) is 2. The highest BCUT2D eigenvalue weighted by Gasteiger charge is 2.62. The van der Waals surface area contributed by atoms with Gasteiger partial charge < -0.3 is 20.1 Å². The van der Waals surface area contributed by atoms with Crippen molar-refractivity contribution in [2.24, 2.45) is 29.6 Å². The molecule has 1 aromatic rings. The molecule has 5 rings (SSSR count). The van der Waals surface area contributed by atoms with Gasteiger partial charge in [0.1, 0.15) is 11.5 Å². The van der Waals surface area contributed by atoms with Crippen LogP contribution in [-0.4, -0.2) is 80.9 Å². The van der Waals surface area contributed by atoms with Crippen molar-refractivity contribution in [3.8, 4) is 11.5 Å². The number of likely N-dealkylation sites (tertiary alicyclic amines) is 2. The van der Waals surface area contributed by atoms with Gasteiger partial charge in [-0.15, -0.1) is 0 Å². The molecular weight excluding hydrogens is 584 g/mol. The number of methoxy groups -OCH3 is 1. The molecule has 2 saturated heterocycles. The van der Waals surface area contributed by atoms with Gasteiger partial charge in [-0.05, 0) is 62.6 Å². The third-order valence-electron chi connectivity index (χ3n) is 9.95. The molecule has 1 saturated carbocycles. The zero-order chi connectivity index (χ0) is 32.4. The molecule has 0 unspecified atom stereocenters. The summed E-state index contributed by atoms with van der Waals surface area (Å²) in [5.41, 5.74) is 1.20. The summed E-state index contributed by atoms with van der Waals surface area (Å²) in [6.45, 7) is 0.357. The Labute approximate surface area is 261 Å². The van der Waals surface area contributed by atoms with E-state index in [1.165, 1.54) is 23.0 Å². The lowest BCUT2D eigenvalue weighted by atomic mass is 9.57. The second-order valence-electron chi connectivity index (χ2n) is 12.5. The van der Waals surface area contributed by atoms with E-state index in [0.29, 0.717) is 56.3 Å². The summed E-state index contributed by atoms with van der Waals surface area (Å²) in [5, 5.41) is 28.9. The number of ether oxygens (including phenoxy) is 1. The smallest absolute Gasteiger partial charge is 0.303 e. The first kappa shape index (κ1) is 32.2. The Bertz CT molecular complexity index is 1420. The first-order valence-electron chi connectivity index (χ1n) is 15.8. The average molecular weight is 625 g/mol. The Kier molecular flexibility index (Phi) is 9.59. The van der Waals surface area contributed by atoms with Crippen LogP contribution in [0.4, 0.5) is 0 Å². The number of carboxylic acid groups (broad SMARTS) is 2. The molecule has 6 atom stereocenters. The zero-order valence-electron chi connectivity index (χ0n) is 25.4. The van der Waals surface area contributed by atoms with Crippen molar-refractivity contribution >= 4 is 35.6 Å². The number of phenols is 1. The molecule has 45 heavy (non-hydrogen) atoms. The molecule has 12 nitrogen and oxygen atoms in total. The number of fused-ring (bicyclic) bond motifs is 4. The van der Waals surface area contributed by atoms with Crippen LogP contribution in [0.2, 0.25) is 0 Å². The number of imide groups is 2. The number of carbonyl (C=O) groups is 6. The molecule has 3 N–H and O–H groups in total. The van der Waals surface area contributed by atoms with Crippen molar-refractivity contribution in [1.29, 1.82) is 0 Å². The highest BCUT2D eigenvalue weighted by Crippen LogP contribution is 2.59. The third kappa shape index (κ3) is 6.19. The molecule has 4 amide bonds. The summed E-state index contributed by atoms with van der Waals surface area (Å²) in [6.07, 6.45) is 5.42. The van der Waals surface area contributed by atoms with Gasteiger partial charge in [0.05, 0.1) is 30.8 Å². The lowest BCUT2D eigenvalue weighted by molar-refractivity contribution is -0.142. The van der Waals surface area contributed by atoms with Crippen LogP contribution in [0.25, 0.3) is 0 Å². The van der Waals surface area contributed by atoms with Crippen molar-refractivity contribution in [2.75, 3.05) is 20.2 Å². The SMILES string of the molecule is COc1ccc(O)c([C@H]2C3=CC[C@@H]4C(=O)N(CCCCCC(=O)O)C(=O)[C@@H]4[C@@H]3C[C@H]3C(=O)N(CCCCCC(=O)O)C(=O)[C@@H]23)c1. The first-order chi connectivity index (χ1) is 21.5. The fourth-order valence-electron chi connectivity index (χ4n) is 7.86. The maximum Gasteiger partial charge on any atom is 0.303 e. The van der Waals surface area contributed by atoms with Crippen molar-refractivity contribution < 1.29 is 48.8 Å². The maximum atomic E-state index is 14.0. The van der Waals surface area contributed by atoms with Crippen molar-refractivity contribution in [3.05, 3.63) is 35.4 Å². The molecule has 0 aromatic heterocycles. The van der Waals surface area contributed by atoms with Crippen LogP contribution in [-0.2, 0) is 28.8 Å². The number of aliphatic carboxylic acids is 2. The number of unbranched alkanes of at least 4 members (excludes halogenated alkanes) is 4. The number of phenolic OH excluding ortho intramolecular Hbond substituents is 1. The van der Waals surface area contributed by atoms with Crippen molar-refractivity contribution in [1.82, 2.24) is 9.80 Å². The molecule has 242 valence electrons. The Morgan fingerprint density at radius 3 is 1.93 bits per heavy atom. The number of aromatic hydroxyl groups is 1. The standard InChI is InChI=1S/C33H40N2O10/c1-45-18-10-13-24(36)22(16-18)27-19-11-12-20-28(32(43)34(30(20)41)14-6-2-4-8-25(37)38)21(19)17-23-29(27)33(44)35(31(23)42)15-7-3-5-9-26(39)40/h10-11,13,16,20-21,23,27-29,36H,2-9,12,14-15,17H2,1H3,(H,37,38)(H,39,40)/t20-,21+,23+,27+,28-,29+/m0/s1. The summed E-state index contributed by atoms with van der Waals surface area (Å²) >= 11 is 0. The van der Waals surface area contributed by atoms with E-state index >= 15 is 0 Å². The summed E-state index contributed by atoms with van der Waals surface area (Å²) in [6, 6.07) is 4.74. The van der Waals surface area contributed by atoms with Crippen LogP contribution in [0.1, 0.15) is 75.7 Å². The second-order valence-corrected chi connectivity index (χ2v) is 12.5. The number of rotatable bonds is 14. The first-order valence-corrected chi connectivity index (χ1v) is 15.8. The molecule has 3 fully saturated rings. The maximum absolute atomic E-state index is 14.0. The van der Waals surface area contributed by atoms with Gasteiger partial charge in [-0.1, -0.05) is 24.5 Å². The number of amides is 4. The summed E-state index contributed by atoms with van der Waals surface area (Å²) in [7, 11) is 1.49. The van der Waals surface area contributed by atoms with Gasteiger partial charge >= 0.3 is 11.9 Å². The largest absolute Gasteiger partial charge is 0.508 e. The number of carboxylic acids is 2. The molecule has 2 aliphatic carbocycles. The van der Waals surface area contributed by atoms with Gasteiger partial charge in [0.15, 0.2) is 0 Å². The average Bonchev–Trinajstić information content (AvgIpc) is 3.39. The predicted octanol–water partition coefficient (Wildman–Crippen LogP) is 3.33. The lowest BCUT2D eigenvalue weighted by Crippen LogP contribution is -2.43. The van der Waals surface area contributed by atoms with Gasteiger partial charge in [0.25, 0.3) is 0 Å². The van der Waals surface area contributed by atoms with E-state index < -0.39 is 47.4 Å². The minimum absolute atomic E-state index is 0.00875. The van der Waals surface area contributed by atoms with E-state index in [-0.39, 0.29) is 61.7 Å². The third-order valence-corrected chi connectivity index (χ3v) is 9.95. The molecule has 12 heteroatoms. The summed E-state index contributed by atoms with van der Waals surface area (Å²) < 4.78 is 5.42. The van der Waals surface area contributed by atoms with Gasteiger partial charge in [-0.25, -0.2) is 0 Å². The lowest BCUT2D eigenvalue weighted by Gasteiger charge is -2.44. The molecule has 2 aliphatic heterocycles. The van der Waals surface area contributed by atoms with Crippen LogP contribution in [0.5, 0.6) is 11.5 Å². The number of carbonyl (C=O) groups excluding carboxylic acids is 4. The Balaban J connectivity index is 1.43. The Morgan fingerprint density at radius 1 is 0.778 bits per heavy atom. The number of hydrogen-bond donors (Lipinski definition) is 3. The van der Waals surface area contributed by atoms with E-state index in [0.717, 1.165) is 5.57 Å². The van der Waals surface area contributed by atoms with Gasteiger partial charge in [-0.3, -0.25) is 38.6 Å². The molecule has 0 bridgehead atoms. The molecular formula is C33H40N2O10. The number of benzene rings is 1. The minimum Gasteiger partial charge on any atom is -0.508 e. The zero-order valence-corrected chi connectivity index (χ0v) is 25.4. The van der Waals surface area contributed by atoms with Crippen LogP contribution < -0.4 is 4.74 Å². The number of allylic oxidation sites excluding steroid dienone is 2. The quantitative estimate of drug-likeness (QED) is 0.158. The summed E-state index contributed by atoms with van der Waals surface area (Å²) in [4.78, 5) is 79.4. The van der Waals surface area contributed by atoms with E-state index in [9.17, 15) is 33.9 Å². The van der Waals surface area contributed by atoms with E-state index in [1.807, 2.05) is 6.08 Å². The number of hydrogen-bond acceptors (Lipinski definition) is 8. The van der Waals surface area contributed by atoms with Gasteiger partial charge in [0.2, 0.25) is 23.6 Å². The van der Waals surface area contributed by atoms with Crippen LogP contribution in [0, 0.1) is 29.6 Å². The Morgan fingerprint density at radius 2 is 1.36 bits per heavy atom. The highest BCUT2D eigenvalue weighted by atomic mass is 16.5. The van der Waals surface area contributed by atoms with E-state index in [2.05, 4.69) is 0 Å². The minimum atomic E-state index is -0.902. The van der Waals surface area contributed by atoms with Gasteiger partial charge in [0, 0.05) is 37.4 Å². The highest BCUT2D eigenvalue weighted by molar-refractivity contribution is 6.08. The normalized spacial score (nSPS) is 27.3. The summed E-state index contributed by atoms with van der Waals surface area (Å²) in [5.74, 6) is -6.68. The molecule has 4 aliphatic rings. The Hall–Kier alpha value is -4.22. The van der Waals surface area contributed by atoms with Crippen LogP contribution in [0.15, 0.2) is 29.8 Å². The topological polar surface area (TPSA) is 179 Å². The predicted molar refractivity (Wildman–Crippen MR) is 158 cm³/mol. The van der Waals surface area contributed by atoms with Crippen molar-refractivity contribution in [3.63, 3.8) is 0 Å². The molecule has 0 spiro atoms.